The highest BCUT2D eigenvalue weighted by Crippen LogP contribution is 2.20. The first kappa shape index (κ1) is 19.4. The fraction of sp³-hybridized carbons (Fsp3) is 0.450. The first-order valence-electron chi connectivity index (χ1n) is 9.23. The third kappa shape index (κ3) is 5.10. The molecule has 2 amide bonds. The Morgan fingerprint density at radius 1 is 1.30 bits per heavy atom. The molecular weight excluding hydrogens is 364 g/mol. The van der Waals surface area contributed by atoms with E-state index < -0.39 is 0 Å². The molecule has 1 aromatic carbocycles. The summed E-state index contributed by atoms with van der Waals surface area (Å²) in [4.78, 5) is 26.5. The molecule has 1 saturated heterocycles. The number of piperidine rings is 1. The van der Waals surface area contributed by atoms with Crippen molar-refractivity contribution in [1.29, 1.82) is 0 Å². The van der Waals surface area contributed by atoms with Crippen molar-refractivity contribution in [3.05, 3.63) is 52.3 Å². The monoisotopic (exact) mass is 388 g/mol. The van der Waals surface area contributed by atoms with Crippen LogP contribution in [0.2, 0.25) is 5.02 Å². The van der Waals surface area contributed by atoms with E-state index in [9.17, 15) is 9.59 Å². The van der Waals surface area contributed by atoms with E-state index in [0.717, 1.165) is 17.0 Å². The minimum Gasteiger partial charge on any atom is -0.354 e. The van der Waals surface area contributed by atoms with E-state index in [1.54, 1.807) is 4.90 Å². The molecule has 0 radical (unpaired) electrons. The zero-order valence-electron chi connectivity index (χ0n) is 15.7. The van der Waals surface area contributed by atoms with E-state index in [4.69, 9.17) is 11.6 Å². The number of nitrogens with zero attached hydrogens (tertiary/aromatic N) is 3. The number of hydrogen-bond donors (Lipinski definition) is 1. The Morgan fingerprint density at radius 3 is 2.70 bits per heavy atom. The van der Waals surface area contributed by atoms with Crippen LogP contribution >= 0.6 is 11.6 Å². The minimum atomic E-state index is -0.171. The maximum Gasteiger partial charge on any atom is 0.224 e. The molecule has 2 aromatic rings. The number of hydrogen-bond acceptors (Lipinski definition) is 3. The summed E-state index contributed by atoms with van der Waals surface area (Å²) in [5.41, 5.74) is 3.07. The fourth-order valence-electron chi connectivity index (χ4n) is 3.42. The summed E-state index contributed by atoms with van der Waals surface area (Å²) >= 11 is 5.91. The Kier molecular flexibility index (Phi) is 6.16. The van der Waals surface area contributed by atoms with Crippen molar-refractivity contribution in [2.45, 2.75) is 39.8 Å². The molecule has 0 unspecified atom stereocenters. The zero-order chi connectivity index (χ0) is 19.4. The van der Waals surface area contributed by atoms with Gasteiger partial charge in [0.1, 0.15) is 0 Å². The molecule has 0 aliphatic carbocycles. The van der Waals surface area contributed by atoms with Gasteiger partial charge in [-0.05, 0) is 44.0 Å². The van der Waals surface area contributed by atoms with Crippen LogP contribution in [0.5, 0.6) is 0 Å². The highest BCUT2D eigenvalue weighted by molar-refractivity contribution is 6.30. The molecule has 3 rings (SSSR count). The third-order valence-electron chi connectivity index (χ3n) is 4.88. The van der Waals surface area contributed by atoms with Gasteiger partial charge in [0.05, 0.1) is 18.2 Å². The Balaban J connectivity index is 1.51. The van der Waals surface area contributed by atoms with Gasteiger partial charge < -0.3 is 10.2 Å². The lowest BCUT2D eigenvalue weighted by Crippen LogP contribution is -2.45. The van der Waals surface area contributed by atoms with Crippen molar-refractivity contribution in [2.24, 2.45) is 5.92 Å². The Bertz CT molecular complexity index is 816. The second-order valence-corrected chi connectivity index (χ2v) is 7.51. The molecule has 1 atom stereocenters. The van der Waals surface area contributed by atoms with Crippen molar-refractivity contribution in [3.63, 3.8) is 0 Å². The number of halogens is 1. The quantitative estimate of drug-likeness (QED) is 0.827. The molecule has 1 fully saturated rings. The SMILES string of the molecule is Cc1cc(C)n(CCNC(=O)[C@@H]2CCC(=O)N(Cc3ccc(Cl)cc3)C2)n1. The standard InChI is InChI=1S/C20H25ClN4O2/c1-14-11-15(2)25(23-14)10-9-22-20(27)17-5-8-19(26)24(13-17)12-16-3-6-18(21)7-4-16/h3-4,6-7,11,17H,5,8-10,12-13H2,1-2H3,(H,22,27)/t17-/m1/s1. The van der Waals surface area contributed by atoms with Gasteiger partial charge in [-0.3, -0.25) is 14.3 Å². The molecule has 7 heteroatoms. The second-order valence-electron chi connectivity index (χ2n) is 7.08. The Hall–Kier alpha value is -2.34. The van der Waals surface area contributed by atoms with Crippen LogP contribution < -0.4 is 5.32 Å². The molecule has 144 valence electrons. The third-order valence-corrected chi connectivity index (χ3v) is 5.14. The van der Waals surface area contributed by atoms with Crippen LogP contribution in [-0.4, -0.2) is 39.6 Å². The molecule has 1 aliphatic rings. The number of benzene rings is 1. The molecule has 2 heterocycles. The van der Waals surface area contributed by atoms with Crippen molar-refractivity contribution >= 4 is 23.4 Å². The molecule has 0 bridgehead atoms. The highest BCUT2D eigenvalue weighted by Gasteiger charge is 2.30. The average molecular weight is 389 g/mol. The maximum absolute atomic E-state index is 12.5. The van der Waals surface area contributed by atoms with Gasteiger partial charge in [0.2, 0.25) is 11.8 Å². The van der Waals surface area contributed by atoms with Gasteiger partial charge in [-0.2, -0.15) is 5.10 Å². The van der Waals surface area contributed by atoms with E-state index in [1.807, 2.05) is 48.9 Å². The van der Waals surface area contributed by atoms with Crippen LogP contribution in [0, 0.1) is 19.8 Å². The van der Waals surface area contributed by atoms with Crippen molar-refractivity contribution < 1.29 is 9.59 Å². The van der Waals surface area contributed by atoms with Gasteiger partial charge in [0.25, 0.3) is 0 Å². The van der Waals surface area contributed by atoms with Crippen LogP contribution in [0.4, 0.5) is 0 Å². The predicted octanol–water partition coefficient (Wildman–Crippen LogP) is 2.71. The summed E-state index contributed by atoms with van der Waals surface area (Å²) in [6.07, 6.45) is 1.00. The Morgan fingerprint density at radius 2 is 2.04 bits per heavy atom. The first-order valence-corrected chi connectivity index (χ1v) is 9.61. The van der Waals surface area contributed by atoms with Crippen molar-refractivity contribution in [2.75, 3.05) is 13.1 Å². The number of carbonyl (C=O) groups is 2. The number of carbonyl (C=O) groups excluding carboxylic acids is 2. The van der Waals surface area contributed by atoms with E-state index in [1.165, 1.54) is 0 Å². The zero-order valence-corrected chi connectivity index (χ0v) is 16.5. The van der Waals surface area contributed by atoms with E-state index in [0.29, 0.717) is 44.0 Å². The number of aryl methyl sites for hydroxylation is 2. The lowest BCUT2D eigenvalue weighted by atomic mass is 9.96. The van der Waals surface area contributed by atoms with E-state index in [2.05, 4.69) is 10.4 Å². The topological polar surface area (TPSA) is 67.2 Å². The first-order chi connectivity index (χ1) is 12.9. The van der Waals surface area contributed by atoms with Crippen molar-refractivity contribution in [3.8, 4) is 0 Å². The number of aromatic nitrogens is 2. The number of amides is 2. The predicted molar refractivity (Wildman–Crippen MR) is 104 cm³/mol. The number of likely N-dealkylation sites (tertiary alicyclic amines) is 1. The van der Waals surface area contributed by atoms with Crippen LogP contribution in [0.3, 0.4) is 0 Å². The van der Waals surface area contributed by atoms with E-state index in [-0.39, 0.29) is 17.7 Å². The van der Waals surface area contributed by atoms with Gasteiger partial charge in [-0.25, -0.2) is 0 Å². The summed E-state index contributed by atoms with van der Waals surface area (Å²) in [5, 5.41) is 8.06. The largest absolute Gasteiger partial charge is 0.354 e. The van der Waals surface area contributed by atoms with Gasteiger partial charge in [0, 0.05) is 36.8 Å². The van der Waals surface area contributed by atoms with Crippen molar-refractivity contribution in [1.82, 2.24) is 20.0 Å². The lowest BCUT2D eigenvalue weighted by molar-refractivity contribution is -0.138. The Labute approximate surface area is 164 Å². The molecular formula is C20H25ClN4O2. The molecule has 0 saturated carbocycles. The summed E-state index contributed by atoms with van der Waals surface area (Å²) in [6, 6.07) is 9.47. The van der Waals surface area contributed by atoms with Gasteiger partial charge >= 0.3 is 0 Å². The summed E-state index contributed by atoms with van der Waals surface area (Å²) in [5.74, 6) is -0.0720. The van der Waals surface area contributed by atoms with Crippen LogP contribution in [0.15, 0.2) is 30.3 Å². The minimum absolute atomic E-state index is 0.00476. The number of rotatable bonds is 6. The summed E-state index contributed by atoms with van der Waals surface area (Å²) < 4.78 is 1.90. The smallest absolute Gasteiger partial charge is 0.224 e. The maximum atomic E-state index is 12.5. The van der Waals surface area contributed by atoms with Crippen LogP contribution in [-0.2, 0) is 22.7 Å². The molecule has 27 heavy (non-hydrogen) atoms. The second kappa shape index (κ2) is 8.57. The van der Waals surface area contributed by atoms with Crippen LogP contribution in [0.25, 0.3) is 0 Å². The molecule has 0 spiro atoms. The molecule has 6 nitrogen and oxygen atoms in total. The molecule has 1 N–H and O–H groups in total. The molecule has 1 aromatic heterocycles. The fourth-order valence-corrected chi connectivity index (χ4v) is 3.55. The van der Waals surface area contributed by atoms with Gasteiger partial charge in [-0.1, -0.05) is 23.7 Å². The van der Waals surface area contributed by atoms with Crippen LogP contribution in [0.1, 0.15) is 29.8 Å². The number of nitrogens with one attached hydrogen (secondary N) is 1. The average Bonchev–Trinajstić information content (AvgIpc) is 2.96. The molecule has 1 aliphatic heterocycles. The summed E-state index contributed by atoms with van der Waals surface area (Å²) in [6.45, 7) is 6.09. The van der Waals surface area contributed by atoms with E-state index >= 15 is 0 Å². The highest BCUT2D eigenvalue weighted by atomic mass is 35.5. The lowest BCUT2D eigenvalue weighted by Gasteiger charge is -2.32. The van der Waals surface area contributed by atoms with Gasteiger partial charge in [0.15, 0.2) is 0 Å². The summed E-state index contributed by atoms with van der Waals surface area (Å²) in [7, 11) is 0. The van der Waals surface area contributed by atoms with Gasteiger partial charge in [-0.15, -0.1) is 0 Å². The normalized spacial score (nSPS) is 17.2.